The van der Waals surface area contributed by atoms with Crippen LogP contribution in [0.3, 0.4) is 0 Å². The van der Waals surface area contributed by atoms with E-state index in [0.29, 0.717) is 0 Å². The molecule has 0 atom stereocenters. The highest BCUT2D eigenvalue weighted by atomic mass is 16.5. The molecule has 520 valence electrons. The van der Waals surface area contributed by atoms with Crippen molar-refractivity contribution in [1.29, 1.82) is 0 Å². The molecule has 0 amide bonds. The van der Waals surface area contributed by atoms with Gasteiger partial charge in [0.1, 0.15) is 11.5 Å². The van der Waals surface area contributed by atoms with Gasteiger partial charge in [0.15, 0.2) is 0 Å². The highest BCUT2D eigenvalue weighted by molar-refractivity contribution is 6.18. The van der Waals surface area contributed by atoms with Crippen molar-refractivity contribution in [1.82, 2.24) is 0 Å². The molecular weight excluding hydrogens is 1330 g/mol. The Balaban J connectivity index is 0.000000161. The van der Waals surface area contributed by atoms with Gasteiger partial charge >= 0.3 is 0 Å². The van der Waals surface area contributed by atoms with Crippen LogP contribution in [0, 0.1) is 0 Å². The number of hydrogen-bond acceptors (Lipinski definition) is 4. The molecule has 4 heteroatoms. The van der Waals surface area contributed by atoms with Gasteiger partial charge in [-0.2, -0.15) is 0 Å². The molecular formula is C106H74N2O2. The zero-order chi connectivity index (χ0) is 73.4. The topological polar surface area (TPSA) is 24.9 Å². The third-order valence-electron chi connectivity index (χ3n) is 21.9. The fourth-order valence-corrected chi connectivity index (χ4v) is 16.7. The zero-order valence-corrected chi connectivity index (χ0v) is 61.0. The molecule has 0 spiro atoms. The summed E-state index contributed by atoms with van der Waals surface area (Å²) in [6.45, 7) is 0. The average Bonchev–Trinajstić information content (AvgIpc) is 0.747. The summed E-state index contributed by atoms with van der Waals surface area (Å²) in [4.78, 5) is 4.73. The number of benzene rings is 20. The summed E-state index contributed by atoms with van der Waals surface area (Å²) in [6.07, 6.45) is 0. The fourth-order valence-electron chi connectivity index (χ4n) is 16.7. The predicted molar refractivity (Wildman–Crippen MR) is 468 cm³/mol. The maximum atomic E-state index is 5.43. The van der Waals surface area contributed by atoms with E-state index in [1.54, 1.807) is 14.2 Å². The van der Waals surface area contributed by atoms with Crippen molar-refractivity contribution in [3.63, 3.8) is 0 Å². The molecule has 0 N–H and O–H groups in total. The van der Waals surface area contributed by atoms with Crippen LogP contribution >= 0.6 is 0 Å². The molecule has 4 nitrogen and oxygen atoms in total. The van der Waals surface area contributed by atoms with E-state index in [1.807, 2.05) is 12.1 Å². The molecule has 0 saturated heterocycles. The van der Waals surface area contributed by atoms with Crippen molar-refractivity contribution in [2.75, 3.05) is 24.0 Å². The molecule has 20 aromatic rings. The second kappa shape index (κ2) is 28.9. The normalized spacial score (nSPS) is 11.4. The minimum atomic E-state index is 0.875. The summed E-state index contributed by atoms with van der Waals surface area (Å²) in [5, 5.41) is 19.5. The first-order valence-corrected chi connectivity index (χ1v) is 37.6. The van der Waals surface area contributed by atoms with E-state index in [2.05, 4.69) is 410 Å². The first-order valence-electron chi connectivity index (χ1n) is 37.6. The van der Waals surface area contributed by atoms with E-state index >= 15 is 0 Å². The van der Waals surface area contributed by atoms with Gasteiger partial charge in [0.05, 0.1) is 25.6 Å². The number of ether oxygens (including phenoxy) is 2. The standard InChI is InChI=1S/C64H44N2.C42H30O2/c1-5-21-45(22-6-1)65(46-23-7-2-8-24-46)63-43-41-59(53-33-17-19-35-61(53)63)57-39-37-55(49-29-13-15-31-51(49)57)56-38-40-58(52-32-16-14-30-50(52)56)60-42-44-64(62-36-20-18-34-54(60)62)66(47-25-9-3-10-26-47)48-27-11-4-12-28-48;1-43-33-17-15-27-23-31(13-11-29(27)25-33)35-19-21-41(39-9-5-3-7-37(35)39)42-22-20-36(38-8-4-6-10-40(38)42)32-14-12-30-26-34(44-2)18-16-28(30)24-32/h1-44H;3-26H,1-2H3. The Labute approximate surface area is 640 Å². The number of hydrogen-bond donors (Lipinski definition) is 0. The smallest absolute Gasteiger partial charge is 0.119 e. The molecule has 110 heavy (non-hydrogen) atoms. The highest BCUT2D eigenvalue weighted by Crippen LogP contribution is 2.49. The van der Waals surface area contributed by atoms with Crippen molar-refractivity contribution in [3.8, 4) is 78.3 Å². The largest absolute Gasteiger partial charge is 0.497 e. The van der Waals surface area contributed by atoms with E-state index in [-0.39, 0.29) is 0 Å². The molecule has 0 aliphatic heterocycles. The van der Waals surface area contributed by atoms with E-state index < -0.39 is 0 Å². The predicted octanol–water partition coefficient (Wildman–Crippen LogP) is 29.6. The maximum Gasteiger partial charge on any atom is 0.119 e. The number of para-hydroxylation sites is 4. The van der Waals surface area contributed by atoms with Crippen LogP contribution in [0.2, 0.25) is 0 Å². The van der Waals surface area contributed by atoms with Gasteiger partial charge in [-0.05, 0) is 239 Å². The quantitative estimate of drug-likeness (QED) is 0.108. The van der Waals surface area contributed by atoms with Gasteiger partial charge < -0.3 is 19.3 Å². The lowest BCUT2D eigenvalue weighted by molar-refractivity contribution is 0.415. The third kappa shape index (κ3) is 12.1. The van der Waals surface area contributed by atoms with Gasteiger partial charge in [0, 0.05) is 33.5 Å². The molecule has 0 aromatic heterocycles. The van der Waals surface area contributed by atoms with Crippen molar-refractivity contribution in [2.45, 2.75) is 0 Å². The molecule has 0 unspecified atom stereocenters. The Morgan fingerprint density at radius 1 is 0.164 bits per heavy atom. The zero-order valence-electron chi connectivity index (χ0n) is 61.0. The van der Waals surface area contributed by atoms with Gasteiger partial charge in [-0.15, -0.1) is 0 Å². The summed E-state index contributed by atoms with van der Waals surface area (Å²) in [5.41, 5.74) is 21.4. The van der Waals surface area contributed by atoms with E-state index in [0.717, 1.165) is 45.6 Å². The van der Waals surface area contributed by atoms with Crippen molar-refractivity contribution < 1.29 is 9.47 Å². The van der Waals surface area contributed by atoms with E-state index in [9.17, 15) is 0 Å². The van der Waals surface area contributed by atoms with Crippen LogP contribution in [0.1, 0.15) is 0 Å². The molecule has 0 bridgehead atoms. The molecule has 20 aromatic carbocycles. The Kier molecular flexibility index (Phi) is 17.4. The van der Waals surface area contributed by atoms with Gasteiger partial charge in [-0.25, -0.2) is 0 Å². The number of anilines is 6. The lowest BCUT2D eigenvalue weighted by Gasteiger charge is -2.27. The van der Waals surface area contributed by atoms with Crippen LogP contribution in [0.15, 0.2) is 413 Å². The Morgan fingerprint density at radius 3 is 0.627 bits per heavy atom. The number of fused-ring (bicyclic) bond motifs is 8. The number of methoxy groups -OCH3 is 2. The van der Waals surface area contributed by atoms with Crippen LogP contribution in [0.25, 0.3) is 153 Å². The minimum absolute atomic E-state index is 0.875. The molecule has 0 aliphatic carbocycles. The van der Waals surface area contributed by atoms with Crippen LogP contribution in [-0.2, 0) is 0 Å². The lowest BCUT2D eigenvalue weighted by Crippen LogP contribution is -2.10. The molecule has 20 rings (SSSR count). The van der Waals surface area contributed by atoms with Crippen LogP contribution in [0.4, 0.5) is 34.1 Å². The van der Waals surface area contributed by atoms with Crippen LogP contribution < -0.4 is 19.3 Å². The van der Waals surface area contributed by atoms with Gasteiger partial charge in [0.25, 0.3) is 0 Å². The summed E-state index contributed by atoms with van der Waals surface area (Å²) in [7, 11) is 3.42. The Bertz CT molecular complexity index is 6380. The first kappa shape index (κ1) is 66.4. The number of nitrogens with zero attached hydrogens (tertiary/aromatic N) is 2. The second-order valence-corrected chi connectivity index (χ2v) is 28.0. The Hall–Kier alpha value is -14.3. The lowest BCUT2D eigenvalue weighted by atomic mass is 9.86. The fraction of sp³-hybridized carbons (Fsp3) is 0.0189. The van der Waals surface area contributed by atoms with Crippen molar-refractivity contribution >= 4 is 120 Å². The van der Waals surface area contributed by atoms with Crippen molar-refractivity contribution in [2.24, 2.45) is 0 Å². The summed E-state index contributed by atoms with van der Waals surface area (Å²) in [5.74, 6) is 1.75. The monoisotopic (exact) mass is 1410 g/mol. The highest BCUT2D eigenvalue weighted by Gasteiger charge is 2.23. The molecule has 0 saturated carbocycles. The molecule has 0 fully saturated rings. The van der Waals surface area contributed by atoms with Gasteiger partial charge in [0.2, 0.25) is 0 Å². The van der Waals surface area contributed by atoms with Crippen molar-refractivity contribution in [3.05, 3.63) is 413 Å². The van der Waals surface area contributed by atoms with Crippen LogP contribution in [0.5, 0.6) is 11.5 Å². The molecule has 0 aliphatic rings. The average molecular weight is 1410 g/mol. The first-order chi connectivity index (χ1) is 54.5. The SMILES string of the molecule is COc1ccc2cc(-c3ccc(-c4ccc(-c5ccc6cc(OC)ccc6c5)c5ccccc45)c4ccccc34)ccc2c1.c1ccc(N(c2ccccc2)c2ccc(-c3ccc(-c4ccc(-c5ccc(N(c6ccccc6)c6ccccc6)c6ccccc56)c5ccccc45)c4ccccc34)c3ccccc23)cc1. The third-order valence-corrected chi connectivity index (χ3v) is 21.9. The van der Waals surface area contributed by atoms with E-state index in [4.69, 9.17) is 9.47 Å². The second-order valence-electron chi connectivity index (χ2n) is 28.0. The minimum Gasteiger partial charge on any atom is -0.497 e. The molecule has 0 radical (unpaired) electrons. The summed E-state index contributed by atoms with van der Waals surface area (Å²) in [6, 6.07) is 149. The van der Waals surface area contributed by atoms with E-state index in [1.165, 1.54) is 153 Å². The Morgan fingerprint density at radius 2 is 0.364 bits per heavy atom. The van der Waals surface area contributed by atoms with Crippen LogP contribution in [-0.4, -0.2) is 14.2 Å². The summed E-state index contributed by atoms with van der Waals surface area (Å²) >= 11 is 0. The maximum absolute atomic E-state index is 5.43. The summed E-state index contributed by atoms with van der Waals surface area (Å²) < 4.78 is 10.9. The van der Waals surface area contributed by atoms with Gasteiger partial charge in [-0.1, -0.05) is 315 Å². The van der Waals surface area contributed by atoms with Gasteiger partial charge in [-0.3, -0.25) is 0 Å². The molecule has 0 heterocycles. The number of rotatable bonds is 14.